The Morgan fingerprint density at radius 1 is 1.57 bits per heavy atom. The molecule has 2 rings (SSSR count). The smallest absolute Gasteiger partial charge is 0.266 e. The number of carboxylic acid groups (broad SMARTS) is 1. The lowest BCUT2D eigenvalue weighted by Gasteiger charge is -2.27. The summed E-state index contributed by atoms with van der Waals surface area (Å²) in [6, 6.07) is 5.36. The summed E-state index contributed by atoms with van der Waals surface area (Å²) in [6.45, 7) is 0. The number of phenols is 1. The number of thioether (sulfide) groups is 2. The van der Waals surface area contributed by atoms with Gasteiger partial charge in [0.25, 0.3) is 5.91 Å². The minimum Gasteiger partial charge on any atom is -0.548 e. The quantitative estimate of drug-likeness (QED) is 0.601. The zero-order chi connectivity index (χ0) is 17.0. The summed E-state index contributed by atoms with van der Waals surface area (Å²) in [4.78, 5) is 25.3. The lowest BCUT2D eigenvalue weighted by molar-refractivity contribution is -0.310. The van der Waals surface area contributed by atoms with Gasteiger partial charge < -0.3 is 15.0 Å². The van der Waals surface area contributed by atoms with Crippen molar-refractivity contribution in [3.05, 3.63) is 34.7 Å². The van der Waals surface area contributed by atoms with Crippen LogP contribution in [0.25, 0.3) is 6.08 Å². The molecule has 1 aromatic carbocycles. The molecular formula is C15H14NO4S3-. The number of rotatable bonds is 6. The van der Waals surface area contributed by atoms with Crippen LogP contribution in [0.1, 0.15) is 12.0 Å². The average Bonchev–Trinajstić information content (AvgIpc) is 2.75. The third-order valence-electron chi connectivity index (χ3n) is 3.17. The molecule has 1 aliphatic rings. The van der Waals surface area contributed by atoms with Crippen LogP contribution in [-0.2, 0) is 9.59 Å². The lowest BCUT2D eigenvalue weighted by Crippen LogP contribution is -2.50. The maximum atomic E-state index is 12.5. The largest absolute Gasteiger partial charge is 0.548 e. The number of phenolic OH excluding ortho intramolecular Hbond substituents is 1. The van der Waals surface area contributed by atoms with E-state index in [2.05, 4.69) is 0 Å². The highest BCUT2D eigenvalue weighted by molar-refractivity contribution is 8.26. The van der Waals surface area contributed by atoms with Crippen molar-refractivity contribution in [2.24, 2.45) is 0 Å². The molecule has 0 aliphatic carbocycles. The molecule has 1 aromatic rings. The number of carbonyl (C=O) groups excluding carboxylic acids is 2. The van der Waals surface area contributed by atoms with Gasteiger partial charge >= 0.3 is 0 Å². The topological polar surface area (TPSA) is 80.7 Å². The number of hydrogen-bond acceptors (Lipinski definition) is 7. The van der Waals surface area contributed by atoms with E-state index in [9.17, 15) is 19.8 Å². The Balaban J connectivity index is 2.26. The molecule has 1 N–H and O–H groups in total. The summed E-state index contributed by atoms with van der Waals surface area (Å²) >= 11 is 7.71. The van der Waals surface area contributed by atoms with Gasteiger partial charge in [-0.05, 0) is 42.2 Å². The van der Waals surface area contributed by atoms with Gasteiger partial charge in [0.05, 0.1) is 16.9 Å². The Bertz CT molecular complexity index is 674. The number of aromatic hydroxyl groups is 1. The number of aliphatic carboxylic acids is 1. The second-order valence-electron chi connectivity index (χ2n) is 4.76. The van der Waals surface area contributed by atoms with Crippen molar-refractivity contribution in [1.82, 2.24) is 4.90 Å². The minimum absolute atomic E-state index is 0.0850. The fourth-order valence-corrected chi connectivity index (χ4v) is 3.91. The fraction of sp³-hybridized carbons (Fsp3) is 0.267. The van der Waals surface area contributed by atoms with E-state index in [1.165, 1.54) is 23.9 Å². The molecule has 1 amide bonds. The first-order chi connectivity index (χ1) is 10.9. The van der Waals surface area contributed by atoms with Gasteiger partial charge in [-0.15, -0.1) is 0 Å². The molecule has 1 saturated heterocycles. The van der Waals surface area contributed by atoms with Crippen LogP contribution < -0.4 is 5.11 Å². The summed E-state index contributed by atoms with van der Waals surface area (Å²) in [5.41, 5.74) is 0.639. The van der Waals surface area contributed by atoms with E-state index >= 15 is 0 Å². The molecule has 0 aromatic heterocycles. The van der Waals surface area contributed by atoms with Crippen molar-refractivity contribution in [3.63, 3.8) is 0 Å². The molecule has 23 heavy (non-hydrogen) atoms. The lowest BCUT2D eigenvalue weighted by atomic mass is 10.1. The summed E-state index contributed by atoms with van der Waals surface area (Å²) < 4.78 is 0.205. The van der Waals surface area contributed by atoms with Gasteiger partial charge in [-0.25, -0.2) is 0 Å². The molecule has 1 fully saturated rings. The Hall–Kier alpha value is -1.51. The van der Waals surface area contributed by atoms with E-state index in [-0.39, 0.29) is 16.5 Å². The molecule has 0 saturated carbocycles. The van der Waals surface area contributed by atoms with E-state index in [1.54, 1.807) is 18.2 Å². The van der Waals surface area contributed by atoms with E-state index in [4.69, 9.17) is 12.2 Å². The normalized spacial score (nSPS) is 17.8. The van der Waals surface area contributed by atoms with Crippen LogP contribution in [0.5, 0.6) is 5.75 Å². The zero-order valence-electron chi connectivity index (χ0n) is 12.2. The SMILES string of the molecule is CSCC[C@@H](C(=O)[O-])N1C(=O)/C(=C/c2cccc(O)c2)SC1=S. The molecule has 1 atom stereocenters. The molecule has 0 spiro atoms. The number of thiocarbonyl (C=S) groups is 1. The first-order valence-electron chi connectivity index (χ1n) is 6.70. The first kappa shape index (κ1) is 17.8. The van der Waals surface area contributed by atoms with Gasteiger partial charge in [0.2, 0.25) is 0 Å². The Morgan fingerprint density at radius 2 is 2.30 bits per heavy atom. The van der Waals surface area contributed by atoms with Gasteiger partial charge in [-0.1, -0.05) is 36.1 Å². The standard InChI is InChI=1S/C15H15NO4S3/c1-22-6-5-11(14(19)20)16-13(18)12(23-15(16)21)8-9-3-2-4-10(17)7-9/h2-4,7-8,11,17H,5-6H2,1H3,(H,19,20)/p-1/b12-8-/t11-/m0/s1. The molecular weight excluding hydrogens is 354 g/mol. The third-order valence-corrected chi connectivity index (χ3v) is 5.15. The predicted octanol–water partition coefficient (Wildman–Crippen LogP) is 1.46. The van der Waals surface area contributed by atoms with Crippen molar-refractivity contribution < 1.29 is 19.8 Å². The number of nitrogens with zero attached hydrogens (tertiary/aromatic N) is 1. The Morgan fingerprint density at radius 3 is 2.91 bits per heavy atom. The van der Waals surface area contributed by atoms with Crippen molar-refractivity contribution in [1.29, 1.82) is 0 Å². The molecule has 122 valence electrons. The average molecular weight is 368 g/mol. The second kappa shape index (κ2) is 7.85. The number of carbonyl (C=O) groups is 2. The molecule has 0 radical (unpaired) electrons. The zero-order valence-corrected chi connectivity index (χ0v) is 14.7. The Kier molecular flexibility index (Phi) is 6.09. The van der Waals surface area contributed by atoms with E-state index < -0.39 is 17.9 Å². The summed E-state index contributed by atoms with van der Waals surface area (Å²) in [5, 5.41) is 20.8. The molecule has 8 heteroatoms. The fourth-order valence-electron chi connectivity index (χ4n) is 2.10. The van der Waals surface area contributed by atoms with Crippen LogP contribution in [0, 0.1) is 0 Å². The highest BCUT2D eigenvalue weighted by Crippen LogP contribution is 2.35. The Labute approximate surface area is 147 Å². The van der Waals surface area contributed by atoms with Crippen molar-refractivity contribution in [2.45, 2.75) is 12.5 Å². The highest BCUT2D eigenvalue weighted by atomic mass is 32.2. The van der Waals surface area contributed by atoms with Crippen molar-refractivity contribution in [2.75, 3.05) is 12.0 Å². The predicted molar refractivity (Wildman–Crippen MR) is 94.9 cm³/mol. The van der Waals surface area contributed by atoms with Gasteiger partial charge in [-0.2, -0.15) is 11.8 Å². The van der Waals surface area contributed by atoms with Crippen LogP contribution in [0.3, 0.4) is 0 Å². The molecule has 1 aliphatic heterocycles. The monoisotopic (exact) mass is 368 g/mol. The van der Waals surface area contributed by atoms with Crippen LogP contribution in [0.15, 0.2) is 29.2 Å². The number of benzene rings is 1. The van der Waals surface area contributed by atoms with Crippen LogP contribution in [0.2, 0.25) is 0 Å². The molecule has 0 unspecified atom stereocenters. The third kappa shape index (κ3) is 4.27. The van der Waals surface area contributed by atoms with Gasteiger partial charge in [0.1, 0.15) is 10.1 Å². The summed E-state index contributed by atoms with van der Waals surface area (Å²) in [6.07, 6.45) is 3.72. The van der Waals surface area contributed by atoms with E-state index in [0.717, 1.165) is 16.7 Å². The van der Waals surface area contributed by atoms with Crippen molar-refractivity contribution in [3.8, 4) is 5.75 Å². The molecule has 1 heterocycles. The highest BCUT2D eigenvalue weighted by Gasteiger charge is 2.37. The first-order valence-corrected chi connectivity index (χ1v) is 9.31. The van der Waals surface area contributed by atoms with Crippen molar-refractivity contribution >= 4 is 58.0 Å². The maximum absolute atomic E-state index is 12.5. The summed E-state index contributed by atoms with van der Waals surface area (Å²) in [7, 11) is 0. The van der Waals surface area contributed by atoms with Gasteiger partial charge in [0.15, 0.2) is 0 Å². The van der Waals surface area contributed by atoms with E-state index in [1.807, 2.05) is 6.26 Å². The van der Waals surface area contributed by atoms with E-state index in [0.29, 0.717) is 16.2 Å². The second-order valence-corrected chi connectivity index (χ2v) is 7.42. The molecule has 5 nitrogen and oxygen atoms in total. The van der Waals surface area contributed by atoms with Crippen LogP contribution in [0.4, 0.5) is 0 Å². The number of amides is 1. The molecule has 0 bridgehead atoms. The number of hydrogen-bond donors (Lipinski definition) is 1. The van der Waals surface area contributed by atoms with Gasteiger partial charge in [0, 0.05) is 0 Å². The minimum atomic E-state index is -1.31. The van der Waals surface area contributed by atoms with Gasteiger partial charge in [-0.3, -0.25) is 9.69 Å². The van der Waals surface area contributed by atoms with Crippen LogP contribution in [-0.4, -0.2) is 44.3 Å². The number of carboxylic acids is 1. The maximum Gasteiger partial charge on any atom is 0.266 e. The van der Waals surface area contributed by atoms with Crippen LogP contribution >= 0.6 is 35.7 Å². The summed E-state index contributed by atoms with van der Waals surface area (Å²) in [5.74, 6) is -1.09.